The number of alkyl halides is 1. The van der Waals surface area contributed by atoms with Crippen LogP contribution in [0.1, 0.15) is 23.3 Å². The molecule has 0 spiro atoms. The minimum absolute atomic E-state index is 0.183. The Morgan fingerprint density at radius 1 is 1.62 bits per heavy atom. The van der Waals surface area contributed by atoms with Gasteiger partial charge in [-0.25, -0.2) is 4.98 Å². The highest BCUT2D eigenvalue weighted by molar-refractivity contribution is 6.19. The maximum Gasteiger partial charge on any atom is 0.321 e. The molecule has 1 aliphatic carbocycles. The number of H-pyrrole nitrogens is 1. The van der Waals surface area contributed by atoms with E-state index in [0.717, 1.165) is 12.8 Å². The molecule has 2 rings (SSSR count). The van der Waals surface area contributed by atoms with E-state index in [1.54, 1.807) is 0 Å². The minimum atomic E-state index is -0.578. The lowest BCUT2D eigenvalue weighted by Gasteiger charge is -2.11. The minimum Gasteiger partial charge on any atom is -0.358 e. The fourth-order valence-electron chi connectivity index (χ4n) is 1.37. The van der Waals surface area contributed by atoms with Crippen LogP contribution in [-0.4, -0.2) is 27.2 Å². The zero-order valence-electron chi connectivity index (χ0n) is 8.33. The average molecular weight is 244 g/mol. The number of nitrogens with zero attached hydrogens (tertiary/aromatic N) is 1. The molecule has 0 atom stereocenters. The SMILES string of the molecule is O=C(NC1(CCl)CC1)c1ccc([N+](=O)[O-])[nH]1. The Morgan fingerprint density at radius 3 is 2.75 bits per heavy atom. The average Bonchev–Trinajstić information content (AvgIpc) is 2.83. The highest BCUT2D eigenvalue weighted by Gasteiger charge is 2.43. The van der Waals surface area contributed by atoms with Crippen LogP contribution in [0.3, 0.4) is 0 Å². The van der Waals surface area contributed by atoms with Crippen molar-refractivity contribution in [1.29, 1.82) is 0 Å². The third-order valence-electron chi connectivity index (χ3n) is 2.60. The molecule has 1 heterocycles. The second-order valence-electron chi connectivity index (χ2n) is 3.88. The van der Waals surface area contributed by atoms with E-state index in [4.69, 9.17) is 11.6 Å². The number of nitrogens with one attached hydrogen (secondary N) is 2. The maximum atomic E-state index is 11.7. The van der Waals surface area contributed by atoms with E-state index in [1.165, 1.54) is 12.1 Å². The third-order valence-corrected chi connectivity index (χ3v) is 3.11. The molecule has 2 N–H and O–H groups in total. The standard InChI is InChI=1S/C9H10ClN3O3/c10-5-9(3-4-9)12-8(14)6-1-2-7(11-6)13(15)16/h1-2,11H,3-5H2,(H,12,14). The van der Waals surface area contributed by atoms with E-state index in [-0.39, 0.29) is 23.0 Å². The Bertz CT molecular complexity index is 439. The summed E-state index contributed by atoms with van der Waals surface area (Å²) in [6.07, 6.45) is 1.70. The number of aromatic amines is 1. The fraction of sp³-hybridized carbons (Fsp3) is 0.444. The second kappa shape index (κ2) is 3.79. The predicted molar refractivity (Wildman–Crippen MR) is 57.6 cm³/mol. The zero-order chi connectivity index (χ0) is 11.8. The Balaban J connectivity index is 2.06. The van der Waals surface area contributed by atoms with Crippen molar-refractivity contribution in [3.05, 3.63) is 27.9 Å². The number of carbonyl (C=O) groups is 1. The molecule has 7 heteroatoms. The lowest BCUT2D eigenvalue weighted by Crippen LogP contribution is -2.38. The first-order valence-electron chi connectivity index (χ1n) is 4.78. The number of aromatic nitrogens is 1. The molecule has 1 aliphatic rings. The Hall–Kier alpha value is -1.56. The van der Waals surface area contributed by atoms with Crippen molar-refractivity contribution >= 4 is 23.3 Å². The van der Waals surface area contributed by atoms with Crippen molar-refractivity contribution in [2.75, 3.05) is 5.88 Å². The smallest absolute Gasteiger partial charge is 0.321 e. The van der Waals surface area contributed by atoms with Crippen molar-refractivity contribution in [2.45, 2.75) is 18.4 Å². The fourth-order valence-corrected chi connectivity index (χ4v) is 1.71. The van der Waals surface area contributed by atoms with Crippen LogP contribution in [0.2, 0.25) is 0 Å². The van der Waals surface area contributed by atoms with Gasteiger partial charge in [-0.1, -0.05) is 0 Å². The quantitative estimate of drug-likeness (QED) is 0.476. The molecule has 6 nitrogen and oxygen atoms in total. The van der Waals surface area contributed by atoms with Crippen LogP contribution in [0.4, 0.5) is 5.82 Å². The van der Waals surface area contributed by atoms with Gasteiger partial charge in [-0.15, -0.1) is 11.6 Å². The molecule has 16 heavy (non-hydrogen) atoms. The molecule has 1 aromatic rings. The lowest BCUT2D eigenvalue weighted by atomic mass is 10.3. The van der Waals surface area contributed by atoms with Crippen LogP contribution in [0, 0.1) is 10.1 Å². The van der Waals surface area contributed by atoms with E-state index < -0.39 is 4.92 Å². The maximum absolute atomic E-state index is 11.7. The summed E-state index contributed by atoms with van der Waals surface area (Å²) in [6, 6.07) is 2.65. The molecule has 0 bridgehead atoms. The van der Waals surface area contributed by atoms with E-state index in [2.05, 4.69) is 10.3 Å². The predicted octanol–water partition coefficient (Wildman–Crippen LogP) is 1.42. The largest absolute Gasteiger partial charge is 0.358 e. The molecule has 0 aliphatic heterocycles. The van der Waals surface area contributed by atoms with Gasteiger partial charge in [-0.05, 0) is 23.8 Å². The summed E-state index contributed by atoms with van der Waals surface area (Å²) >= 11 is 5.71. The van der Waals surface area contributed by atoms with Gasteiger partial charge in [0.15, 0.2) is 5.69 Å². The Kier molecular flexibility index (Phi) is 2.59. The van der Waals surface area contributed by atoms with Crippen molar-refractivity contribution in [2.24, 2.45) is 0 Å². The van der Waals surface area contributed by atoms with Gasteiger partial charge in [0.25, 0.3) is 5.91 Å². The number of carbonyl (C=O) groups excluding carboxylic acids is 1. The van der Waals surface area contributed by atoms with Gasteiger partial charge in [-0.3, -0.25) is 4.79 Å². The molecular formula is C9H10ClN3O3. The zero-order valence-corrected chi connectivity index (χ0v) is 9.08. The molecule has 0 unspecified atom stereocenters. The van der Waals surface area contributed by atoms with Gasteiger partial charge in [0.2, 0.25) is 0 Å². The van der Waals surface area contributed by atoms with E-state index >= 15 is 0 Å². The first-order chi connectivity index (χ1) is 7.56. The first kappa shape index (κ1) is 10.9. The lowest BCUT2D eigenvalue weighted by molar-refractivity contribution is -0.389. The van der Waals surface area contributed by atoms with Crippen LogP contribution in [-0.2, 0) is 0 Å². The molecule has 0 aromatic carbocycles. The monoisotopic (exact) mass is 243 g/mol. The van der Waals surface area contributed by atoms with E-state index in [0.29, 0.717) is 5.88 Å². The second-order valence-corrected chi connectivity index (χ2v) is 4.15. The molecular weight excluding hydrogens is 234 g/mol. The van der Waals surface area contributed by atoms with Crippen LogP contribution >= 0.6 is 11.6 Å². The summed E-state index contributed by atoms with van der Waals surface area (Å²) in [5.41, 5.74) is -0.124. The normalized spacial score (nSPS) is 16.8. The topological polar surface area (TPSA) is 88.0 Å². The third kappa shape index (κ3) is 2.01. The number of halogens is 1. The number of hydrogen-bond acceptors (Lipinski definition) is 3. The van der Waals surface area contributed by atoms with Crippen molar-refractivity contribution in [3.63, 3.8) is 0 Å². The van der Waals surface area contributed by atoms with Gasteiger partial charge in [0, 0.05) is 11.9 Å². The number of hydrogen-bond donors (Lipinski definition) is 2. The van der Waals surface area contributed by atoms with Gasteiger partial charge in [0.05, 0.1) is 5.54 Å². The number of rotatable bonds is 4. The van der Waals surface area contributed by atoms with Crippen LogP contribution in [0.25, 0.3) is 0 Å². The van der Waals surface area contributed by atoms with Crippen LogP contribution in [0.15, 0.2) is 12.1 Å². The van der Waals surface area contributed by atoms with Crippen LogP contribution in [0.5, 0.6) is 0 Å². The summed E-state index contributed by atoms with van der Waals surface area (Å²) in [5, 5.41) is 13.2. The molecule has 0 saturated heterocycles. The van der Waals surface area contributed by atoms with Crippen molar-refractivity contribution in [1.82, 2.24) is 10.3 Å². The molecule has 1 saturated carbocycles. The van der Waals surface area contributed by atoms with Gasteiger partial charge >= 0.3 is 5.82 Å². The van der Waals surface area contributed by atoms with E-state index in [1.807, 2.05) is 0 Å². The molecule has 1 amide bonds. The van der Waals surface area contributed by atoms with Gasteiger partial charge < -0.3 is 15.4 Å². The van der Waals surface area contributed by atoms with Crippen molar-refractivity contribution in [3.8, 4) is 0 Å². The summed E-state index contributed by atoms with van der Waals surface area (Å²) < 4.78 is 0. The van der Waals surface area contributed by atoms with Crippen molar-refractivity contribution < 1.29 is 9.72 Å². The summed E-state index contributed by atoms with van der Waals surface area (Å²) in [4.78, 5) is 23.9. The van der Waals surface area contributed by atoms with Gasteiger partial charge in [0.1, 0.15) is 0 Å². The molecule has 0 radical (unpaired) electrons. The molecule has 1 aromatic heterocycles. The molecule has 1 fully saturated rings. The Morgan fingerprint density at radius 2 is 2.31 bits per heavy atom. The van der Waals surface area contributed by atoms with Gasteiger partial charge in [-0.2, -0.15) is 0 Å². The summed E-state index contributed by atoms with van der Waals surface area (Å²) in [7, 11) is 0. The van der Waals surface area contributed by atoms with E-state index in [9.17, 15) is 14.9 Å². The Labute approximate surface area is 96.1 Å². The first-order valence-corrected chi connectivity index (χ1v) is 5.32. The summed E-state index contributed by atoms with van der Waals surface area (Å²) in [6.45, 7) is 0. The highest BCUT2D eigenvalue weighted by Crippen LogP contribution is 2.36. The number of amides is 1. The highest BCUT2D eigenvalue weighted by atomic mass is 35.5. The number of nitro groups is 1. The summed E-state index contributed by atoms with van der Waals surface area (Å²) in [5.74, 6) is -0.186. The van der Waals surface area contributed by atoms with Crippen LogP contribution < -0.4 is 5.32 Å². The molecule has 86 valence electrons.